The van der Waals surface area contributed by atoms with Crippen LogP contribution in [-0.2, 0) is 4.79 Å². The van der Waals surface area contributed by atoms with Crippen LogP contribution in [0.1, 0.15) is 55.8 Å². The standard InChI is InChI=1S/C16H22O4.Na/c1-13(17)14-9-6-7-10-15(14)20-12-8-4-2-3-5-11-16(18)19;/h6-7,9-10H,2-5,8,11-12H2,1H3,(H,18,19);/q;+1/p-1. The van der Waals surface area contributed by atoms with Crippen molar-refractivity contribution in [1.82, 2.24) is 0 Å². The molecule has 1 rings (SSSR count). The summed E-state index contributed by atoms with van der Waals surface area (Å²) in [6.45, 7) is 2.10. The maximum Gasteiger partial charge on any atom is 1.00 e. The molecule has 0 unspecified atom stereocenters. The molecule has 21 heavy (non-hydrogen) atoms. The first-order valence-corrected chi connectivity index (χ1v) is 7.04. The number of carboxylic acids is 1. The molecule has 0 aliphatic heterocycles. The van der Waals surface area contributed by atoms with E-state index in [1.165, 1.54) is 6.92 Å². The molecule has 1 aromatic carbocycles. The van der Waals surface area contributed by atoms with Gasteiger partial charge in [0.1, 0.15) is 5.75 Å². The average Bonchev–Trinajstić information content (AvgIpc) is 2.41. The van der Waals surface area contributed by atoms with Crippen molar-refractivity contribution >= 4 is 11.8 Å². The van der Waals surface area contributed by atoms with Gasteiger partial charge in [-0.3, -0.25) is 4.79 Å². The predicted octanol–water partition coefficient (Wildman–Crippen LogP) is -0.637. The van der Waals surface area contributed by atoms with Crippen molar-refractivity contribution in [2.75, 3.05) is 6.61 Å². The molecule has 0 radical (unpaired) electrons. The Labute approximate surface area is 148 Å². The molecule has 0 saturated heterocycles. The second-order valence-corrected chi connectivity index (χ2v) is 4.79. The van der Waals surface area contributed by atoms with Gasteiger partial charge >= 0.3 is 29.6 Å². The van der Waals surface area contributed by atoms with Crippen molar-refractivity contribution in [3.05, 3.63) is 29.8 Å². The Morgan fingerprint density at radius 1 is 1.05 bits per heavy atom. The molecule has 1 aromatic rings. The molecule has 0 fully saturated rings. The van der Waals surface area contributed by atoms with Crippen molar-refractivity contribution < 1.29 is 49.0 Å². The number of benzene rings is 1. The zero-order valence-corrected chi connectivity index (χ0v) is 14.9. The van der Waals surface area contributed by atoms with Gasteiger partial charge in [0, 0.05) is 5.97 Å². The molecule has 0 atom stereocenters. The van der Waals surface area contributed by atoms with Gasteiger partial charge in [-0.25, -0.2) is 0 Å². The van der Waals surface area contributed by atoms with E-state index in [0.717, 1.165) is 25.7 Å². The summed E-state index contributed by atoms with van der Waals surface area (Å²) in [4.78, 5) is 21.6. The van der Waals surface area contributed by atoms with Gasteiger partial charge in [-0.15, -0.1) is 0 Å². The number of carbonyl (C=O) groups excluding carboxylic acids is 2. The number of unbranched alkanes of at least 4 members (excludes halogenated alkanes) is 4. The first-order chi connectivity index (χ1) is 9.61. The minimum absolute atomic E-state index is 0. The van der Waals surface area contributed by atoms with E-state index in [-0.39, 0.29) is 41.8 Å². The van der Waals surface area contributed by atoms with Crippen LogP contribution in [-0.4, -0.2) is 18.4 Å². The zero-order valence-electron chi connectivity index (χ0n) is 12.9. The van der Waals surface area contributed by atoms with Crippen molar-refractivity contribution in [3.63, 3.8) is 0 Å². The van der Waals surface area contributed by atoms with Crippen LogP contribution in [0.3, 0.4) is 0 Å². The minimum Gasteiger partial charge on any atom is -0.550 e. The van der Waals surface area contributed by atoms with Crippen LogP contribution in [0.2, 0.25) is 0 Å². The molecule has 0 aromatic heterocycles. The molecule has 5 heteroatoms. The summed E-state index contributed by atoms with van der Waals surface area (Å²) in [5.41, 5.74) is 0.612. The Bertz CT molecular complexity index is 446. The number of carbonyl (C=O) groups is 2. The smallest absolute Gasteiger partial charge is 0.550 e. The van der Waals surface area contributed by atoms with Gasteiger partial charge in [0.05, 0.1) is 12.2 Å². The summed E-state index contributed by atoms with van der Waals surface area (Å²) >= 11 is 0. The summed E-state index contributed by atoms with van der Waals surface area (Å²) in [5, 5.41) is 10.2. The van der Waals surface area contributed by atoms with E-state index in [9.17, 15) is 14.7 Å². The fourth-order valence-corrected chi connectivity index (χ4v) is 1.97. The van der Waals surface area contributed by atoms with Gasteiger partial charge in [0.15, 0.2) is 5.78 Å². The van der Waals surface area contributed by atoms with Crippen molar-refractivity contribution in [2.45, 2.75) is 45.4 Å². The monoisotopic (exact) mass is 300 g/mol. The normalized spacial score (nSPS) is 9.76. The molecular formula is C16H21NaO4. The number of aliphatic carboxylic acids is 1. The van der Waals surface area contributed by atoms with Gasteiger partial charge in [-0.2, -0.15) is 0 Å². The molecule has 0 spiro atoms. The summed E-state index contributed by atoms with van der Waals surface area (Å²) in [5.74, 6) is -0.339. The predicted molar refractivity (Wildman–Crippen MR) is 74.7 cm³/mol. The van der Waals surface area contributed by atoms with E-state index in [1.54, 1.807) is 12.1 Å². The summed E-state index contributed by atoms with van der Waals surface area (Å²) < 4.78 is 5.62. The Morgan fingerprint density at radius 2 is 1.67 bits per heavy atom. The Morgan fingerprint density at radius 3 is 2.33 bits per heavy atom. The minimum atomic E-state index is -0.978. The van der Waals surface area contributed by atoms with Crippen LogP contribution in [0.4, 0.5) is 0 Å². The van der Waals surface area contributed by atoms with Crippen LogP contribution < -0.4 is 39.4 Å². The van der Waals surface area contributed by atoms with Crippen LogP contribution >= 0.6 is 0 Å². The molecule has 4 nitrogen and oxygen atoms in total. The number of hydrogen-bond acceptors (Lipinski definition) is 4. The van der Waals surface area contributed by atoms with Crippen LogP contribution in [0, 0.1) is 0 Å². The molecule has 0 saturated carbocycles. The fourth-order valence-electron chi connectivity index (χ4n) is 1.97. The van der Waals surface area contributed by atoms with E-state index < -0.39 is 5.97 Å². The Hall–Kier alpha value is -0.840. The van der Waals surface area contributed by atoms with Gasteiger partial charge in [-0.05, 0) is 38.3 Å². The maximum atomic E-state index is 11.4. The number of rotatable bonds is 10. The third-order valence-electron chi connectivity index (χ3n) is 3.05. The number of para-hydroxylation sites is 1. The summed E-state index contributed by atoms with van der Waals surface area (Å²) in [6.07, 6.45) is 4.61. The fraction of sp³-hybridized carbons (Fsp3) is 0.500. The maximum absolute atomic E-state index is 11.4. The van der Waals surface area contributed by atoms with Gasteiger partial charge in [0.25, 0.3) is 0 Å². The molecular weight excluding hydrogens is 279 g/mol. The second-order valence-electron chi connectivity index (χ2n) is 4.79. The molecule has 0 heterocycles. The third-order valence-corrected chi connectivity index (χ3v) is 3.05. The Balaban J connectivity index is 0.00000400. The van der Waals surface area contributed by atoms with Gasteiger partial charge in [-0.1, -0.05) is 31.4 Å². The average molecular weight is 300 g/mol. The topological polar surface area (TPSA) is 66.4 Å². The largest absolute Gasteiger partial charge is 1.00 e. The summed E-state index contributed by atoms with van der Waals surface area (Å²) in [7, 11) is 0. The number of ether oxygens (including phenoxy) is 1. The molecule has 0 bridgehead atoms. The van der Waals surface area contributed by atoms with E-state index in [1.807, 2.05) is 12.1 Å². The van der Waals surface area contributed by atoms with E-state index in [0.29, 0.717) is 24.3 Å². The second kappa shape index (κ2) is 11.8. The van der Waals surface area contributed by atoms with Gasteiger partial charge < -0.3 is 14.6 Å². The molecule has 0 amide bonds. The first kappa shape index (κ1) is 20.2. The number of hydrogen-bond donors (Lipinski definition) is 0. The van der Waals surface area contributed by atoms with Crippen molar-refractivity contribution in [1.29, 1.82) is 0 Å². The van der Waals surface area contributed by atoms with Crippen LogP contribution in [0.15, 0.2) is 24.3 Å². The zero-order chi connectivity index (χ0) is 14.8. The Kier molecular flexibility index (Phi) is 11.3. The molecule has 0 N–H and O–H groups in total. The number of ketones is 1. The third kappa shape index (κ3) is 8.91. The number of Topliss-reactive ketones (excluding diaryl/α,β-unsaturated/α-hetero) is 1. The molecule has 110 valence electrons. The van der Waals surface area contributed by atoms with E-state index >= 15 is 0 Å². The quantitative estimate of drug-likeness (QED) is 0.328. The first-order valence-electron chi connectivity index (χ1n) is 7.04. The van der Waals surface area contributed by atoms with Crippen molar-refractivity contribution in [3.8, 4) is 5.75 Å². The van der Waals surface area contributed by atoms with Crippen LogP contribution in [0.5, 0.6) is 5.75 Å². The molecule has 0 aliphatic carbocycles. The SMILES string of the molecule is CC(=O)c1ccccc1OCCCCCCCC(=O)[O-].[Na+]. The summed E-state index contributed by atoms with van der Waals surface area (Å²) in [6, 6.07) is 7.23. The van der Waals surface area contributed by atoms with E-state index in [2.05, 4.69) is 0 Å². The molecule has 0 aliphatic rings. The van der Waals surface area contributed by atoms with E-state index in [4.69, 9.17) is 4.74 Å². The van der Waals surface area contributed by atoms with Crippen molar-refractivity contribution in [2.24, 2.45) is 0 Å². The van der Waals surface area contributed by atoms with Gasteiger partial charge in [0.2, 0.25) is 0 Å². The van der Waals surface area contributed by atoms with Crippen LogP contribution in [0.25, 0.3) is 0 Å². The number of carboxylic acid groups (broad SMARTS) is 1.